The molecule has 5 N–H and O–H groups in total. The minimum Gasteiger partial charge on any atom is -0.399 e. The highest BCUT2D eigenvalue weighted by Gasteiger charge is 2.04. The van der Waals surface area contributed by atoms with E-state index in [0.717, 1.165) is 29.9 Å². The summed E-state index contributed by atoms with van der Waals surface area (Å²) in [5.41, 5.74) is 15.0. The minimum atomic E-state index is 0.487. The maximum atomic E-state index is 5.76. The largest absolute Gasteiger partial charge is 0.399 e. The summed E-state index contributed by atoms with van der Waals surface area (Å²) in [6.07, 6.45) is 1.71. The van der Waals surface area contributed by atoms with E-state index in [4.69, 9.17) is 11.5 Å². The van der Waals surface area contributed by atoms with E-state index in [9.17, 15) is 0 Å². The predicted molar refractivity (Wildman–Crippen MR) is 76.6 cm³/mol. The number of nitrogen functional groups attached to an aromatic ring is 2. The van der Waals surface area contributed by atoms with E-state index in [1.807, 2.05) is 24.3 Å². The molecule has 0 saturated carbocycles. The molecule has 2 heterocycles. The first-order chi connectivity index (χ1) is 9.20. The van der Waals surface area contributed by atoms with E-state index < -0.39 is 0 Å². The molecule has 0 bridgehead atoms. The molecule has 0 unspecified atom stereocenters. The SMILES string of the molecule is Nc1cccc(CCc2nc3nc(N)ccc3[nH]2)c1. The third kappa shape index (κ3) is 2.49. The molecule has 96 valence electrons. The highest BCUT2D eigenvalue weighted by molar-refractivity contribution is 5.72. The van der Waals surface area contributed by atoms with Crippen LogP contribution in [0.5, 0.6) is 0 Å². The fraction of sp³-hybridized carbons (Fsp3) is 0.143. The first-order valence-electron chi connectivity index (χ1n) is 6.16. The Kier molecular flexibility index (Phi) is 2.79. The summed E-state index contributed by atoms with van der Waals surface area (Å²) < 4.78 is 0. The van der Waals surface area contributed by atoms with Gasteiger partial charge in [-0.25, -0.2) is 9.97 Å². The second-order valence-electron chi connectivity index (χ2n) is 4.54. The summed E-state index contributed by atoms with van der Waals surface area (Å²) >= 11 is 0. The molecule has 0 amide bonds. The fourth-order valence-electron chi connectivity index (χ4n) is 2.09. The van der Waals surface area contributed by atoms with Crippen molar-refractivity contribution in [2.24, 2.45) is 0 Å². The zero-order valence-electron chi connectivity index (χ0n) is 10.4. The molecule has 5 heteroatoms. The van der Waals surface area contributed by atoms with E-state index in [1.54, 1.807) is 6.07 Å². The van der Waals surface area contributed by atoms with E-state index in [-0.39, 0.29) is 0 Å². The summed E-state index contributed by atoms with van der Waals surface area (Å²) in [7, 11) is 0. The van der Waals surface area contributed by atoms with E-state index >= 15 is 0 Å². The van der Waals surface area contributed by atoms with Crippen LogP contribution in [0.25, 0.3) is 11.2 Å². The number of hydrogen-bond donors (Lipinski definition) is 3. The maximum Gasteiger partial charge on any atom is 0.179 e. The van der Waals surface area contributed by atoms with Gasteiger partial charge in [0.25, 0.3) is 0 Å². The minimum absolute atomic E-state index is 0.487. The van der Waals surface area contributed by atoms with Gasteiger partial charge in [0.1, 0.15) is 11.6 Å². The van der Waals surface area contributed by atoms with Gasteiger partial charge in [0, 0.05) is 12.1 Å². The van der Waals surface area contributed by atoms with Crippen LogP contribution in [0.2, 0.25) is 0 Å². The molecule has 1 aromatic carbocycles. The van der Waals surface area contributed by atoms with Gasteiger partial charge in [0.15, 0.2) is 5.65 Å². The van der Waals surface area contributed by atoms with Crippen LogP contribution in [-0.2, 0) is 12.8 Å². The third-order valence-corrected chi connectivity index (χ3v) is 3.02. The summed E-state index contributed by atoms with van der Waals surface area (Å²) in [5, 5.41) is 0. The number of hydrogen-bond acceptors (Lipinski definition) is 4. The van der Waals surface area contributed by atoms with Crippen molar-refractivity contribution in [2.75, 3.05) is 11.5 Å². The first-order valence-corrected chi connectivity index (χ1v) is 6.16. The van der Waals surface area contributed by atoms with E-state index in [2.05, 4.69) is 21.0 Å². The molecule has 0 aliphatic carbocycles. The summed E-state index contributed by atoms with van der Waals surface area (Å²) in [4.78, 5) is 11.9. The number of nitrogens with zero attached hydrogens (tertiary/aromatic N) is 2. The molecule has 0 aliphatic rings. The van der Waals surface area contributed by atoms with Gasteiger partial charge >= 0.3 is 0 Å². The second-order valence-corrected chi connectivity index (χ2v) is 4.54. The predicted octanol–water partition coefficient (Wildman–Crippen LogP) is 1.91. The van der Waals surface area contributed by atoms with Gasteiger partial charge in [-0.15, -0.1) is 0 Å². The summed E-state index contributed by atoms with van der Waals surface area (Å²) in [6, 6.07) is 11.6. The summed E-state index contributed by atoms with van der Waals surface area (Å²) in [6.45, 7) is 0. The van der Waals surface area contributed by atoms with Gasteiger partial charge in [0.2, 0.25) is 0 Å². The zero-order valence-corrected chi connectivity index (χ0v) is 10.4. The van der Waals surface area contributed by atoms with Crippen LogP contribution in [0.3, 0.4) is 0 Å². The Bertz CT molecular complexity index is 717. The molecule has 5 nitrogen and oxygen atoms in total. The Morgan fingerprint density at radius 1 is 1.00 bits per heavy atom. The molecule has 0 saturated heterocycles. The van der Waals surface area contributed by atoms with Crippen LogP contribution in [0.4, 0.5) is 11.5 Å². The van der Waals surface area contributed by atoms with Crippen molar-refractivity contribution in [1.82, 2.24) is 15.0 Å². The Labute approximate surface area is 110 Å². The van der Waals surface area contributed by atoms with Crippen molar-refractivity contribution in [3.05, 3.63) is 47.8 Å². The van der Waals surface area contributed by atoms with Crippen LogP contribution in [-0.4, -0.2) is 15.0 Å². The highest BCUT2D eigenvalue weighted by atomic mass is 15.0. The van der Waals surface area contributed by atoms with Crippen LogP contribution >= 0.6 is 0 Å². The van der Waals surface area contributed by atoms with Crippen molar-refractivity contribution >= 4 is 22.7 Å². The highest BCUT2D eigenvalue weighted by Crippen LogP contribution is 2.13. The molecular weight excluding hydrogens is 238 g/mol. The van der Waals surface area contributed by atoms with Crippen molar-refractivity contribution < 1.29 is 0 Å². The zero-order chi connectivity index (χ0) is 13.2. The van der Waals surface area contributed by atoms with Gasteiger partial charge in [-0.2, -0.15) is 0 Å². The average molecular weight is 253 g/mol. The maximum absolute atomic E-state index is 5.76. The molecule has 2 aromatic heterocycles. The summed E-state index contributed by atoms with van der Waals surface area (Å²) in [5.74, 6) is 1.40. The number of aromatic amines is 1. The molecule has 3 aromatic rings. The number of imidazole rings is 1. The normalized spacial score (nSPS) is 10.9. The Morgan fingerprint density at radius 3 is 2.74 bits per heavy atom. The Balaban J connectivity index is 1.78. The average Bonchev–Trinajstić information content (AvgIpc) is 2.78. The monoisotopic (exact) mass is 253 g/mol. The number of benzene rings is 1. The quantitative estimate of drug-likeness (QED) is 0.621. The van der Waals surface area contributed by atoms with Crippen molar-refractivity contribution in [2.45, 2.75) is 12.8 Å². The van der Waals surface area contributed by atoms with E-state index in [1.165, 1.54) is 5.56 Å². The van der Waals surface area contributed by atoms with Crippen LogP contribution in [0.15, 0.2) is 36.4 Å². The van der Waals surface area contributed by atoms with Gasteiger partial charge in [-0.05, 0) is 36.2 Å². The number of H-pyrrole nitrogens is 1. The third-order valence-electron chi connectivity index (χ3n) is 3.02. The van der Waals surface area contributed by atoms with Crippen LogP contribution < -0.4 is 11.5 Å². The molecule has 0 aliphatic heterocycles. The number of nitrogens with one attached hydrogen (secondary N) is 1. The molecule has 3 rings (SSSR count). The lowest BCUT2D eigenvalue weighted by molar-refractivity contribution is 0.889. The lowest BCUT2D eigenvalue weighted by Crippen LogP contribution is -1.94. The molecule has 0 spiro atoms. The van der Waals surface area contributed by atoms with Crippen LogP contribution in [0.1, 0.15) is 11.4 Å². The molecule has 19 heavy (non-hydrogen) atoms. The Morgan fingerprint density at radius 2 is 1.89 bits per heavy atom. The van der Waals surface area contributed by atoms with E-state index in [0.29, 0.717) is 11.5 Å². The number of fused-ring (bicyclic) bond motifs is 1. The lowest BCUT2D eigenvalue weighted by Gasteiger charge is -2.00. The van der Waals surface area contributed by atoms with Crippen LogP contribution in [0, 0.1) is 0 Å². The number of anilines is 2. The molecule has 0 atom stereocenters. The number of aromatic nitrogens is 3. The topological polar surface area (TPSA) is 93.6 Å². The molecule has 0 fully saturated rings. The standard InChI is InChI=1S/C14H15N5/c15-10-3-1-2-9(8-10)4-7-13-17-11-5-6-12(16)18-14(11)19-13/h1-3,5-6,8H,4,7,15H2,(H3,16,17,18,19). The van der Waals surface area contributed by atoms with Crippen molar-refractivity contribution in [1.29, 1.82) is 0 Å². The van der Waals surface area contributed by atoms with Crippen molar-refractivity contribution in [3.8, 4) is 0 Å². The van der Waals surface area contributed by atoms with Gasteiger partial charge < -0.3 is 16.5 Å². The second kappa shape index (κ2) is 4.61. The van der Waals surface area contributed by atoms with Crippen molar-refractivity contribution in [3.63, 3.8) is 0 Å². The smallest absolute Gasteiger partial charge is 0.179 e. The number of nitrogens with two attached hydrogens (primary N) is 2. The number of rotatable bonds is 3. The number of pyridine rings is 1. The molecular formula is C14H15N5. The van der Waals surface area contributed by atoms with Gasteiger partial charge in [-0.1, -0.05) is 12.1 Å². The van der Waals surface area contributed by atoms with Gasteiger partial charge in [0.05, 0.1) is 5.52 Å². The first kappa shape index (κ1) is 11.5. The number of aryl methyl sites for hydroxylation is 2. The Hall–Kier alpha value is -2.56. The lowest BCUT2D eigenvalue weighted by atomic mass is 10.1. The molecule has 0 radical (unpaired) electrons. The fourth-order valence-corrected chi connectivity index (χ4v) is 2.09. The van der Waals surface area contributed by atoms with Gasteiger partial charge in [-0.3, -0.25) is 0 Å².